The molecule has 0 atom stereocenters. The molecule has 0 aliphatic heterocycles. The molecule has 0 bridgehead atoms. The van der Waals surface area contributed by atoms with Crippen molar-refractivity contribution in [3.8, 4) is 0 Å². The number of carbonyl (C=O) groups excluding carboxylic acids is 1. The summed E-state index contributed by atoms with van der Waals surface area (Å²) in [5, 5.41) is 6.40. The van der Waals surface area contributed by atoms with Gasteiger partial charge in [-0.3, -0.25) is 9.78 Å². The molecule has 1 heterocycles. The third-order valence-electron chi connectivity index (χ3n) is 3.55. The molecule has 1 saturated carbocycles. The lowest BCUT2D eigenvalue weighted by Crippen LogP contribution is -2.37. The summed E-state index contributed by atoms with van der Waals surface area (Å²) in [5.74, 6) is 0.172. The number of aromatic nitrogens is 1. The van der Waals surface area contributed by atoms with E-state index in [1.54, 1.807) is 6.20 Å². The van der Waals surface area contributed by atoms with Crippen molar-refractivity contribution in [2.45, 2.75) is 51.1 Å². The van der Waals surface area contributed by atoms with Crippen molar-refractivity contribution in [3.63, 3.8) is 0 Å². The Morgan fingerprint density at radius 1 is 1.32 bits per heavy atom. The summed E-state index contributed by atoms with van der Waals surface area (Å²) in [6, 6.07) is 4.37. The summed E-state index contributed by atoms with van der Waals surface area (Å²) < 4.78 is 0. The summed E-state index contributed by atoms with van der Waals surface area (Å²) in [4.78, 5) is 15.8. The molecule has 1 aliphatic rings. The van der Waals surface area contributed by atoms with E-state index in [9.17, 15) is 4.79 Å². The van der Waals surface area contributed by atoms with Crippen molar-refractivity contribution < 1.29 is 4.79 Å². The molecule has 4 nitrogen and oxygen atoms in total. The third-order valence-corrected chi connectivity index (χ3v) is 3.55. The van der Waals surface area contributed by atoms with E-state index in [0.29, 0.717) is 19.0 Å². The van der Waals surface area contributed by atoms with Gasteiger partial charge in [0.1, 0.15) is 0 Å². The van der Waals surface area contributed by atoms with Gasteiger partial charge in [0, 0.05) is 37.9 Å². The maximum Gasteiger partial charge on any atom is 0.221 e. The third kappa shape index (κ3) is 5.39. The molecule has 1 aromatic rings. The fourth-order valence-corrected chi connectivity index (χ4v) is 2.48. The fourth-order valence-electron chi connectivity index (χ4n) is 2.48. The van der Waals surface area contributed by atoms with Gasteiger partial charge in [-0.1, -0.05) is 25.3 Å². The molecule has 104 valence electrons. The number of nitrogens with zero attached hydrogens (tertiary/aromatic N) is 1. The number of hydrogen-bond donors (Lipinski definition) is 2. The number of amides is 1. The first kappa shape index (κ1) is 14.0. The first-order valence-corrected chi connectivity index (χ1v) is 7.23. The average molecular weight is 261 g/mol. The van der Waals surface area contributed by atoms with Crippen molar-refractivity contribution in [1.82, 2.24) is 15.6 Å². The van der Waals surface area contributed by atoms with Crippen LogP contribution < -0.4 is 10.6 Å². The Labute approximate surface area is 115 Å². The highest BCUT2D eigenvalue weighted by atomic mass is 16.1. The van der Waals surface area contributed by atoms with Gasteiger partial charge in [-0.25, -0.2) is 0 Å². The molecule has 2 N–H and O–H groups in total. The minimum absolute atomic E-state index is 0.172. The van der Waals surface area contributed by atoms with E-state index in [0.717, 1.165) is 24.9 Å². The SMILES string of the molecule is O=C(CCNCc1cccnc1)NC1CCCCC1. The average Bonchev–Trinajstić information content (AvgIpc) is 2.46. The Morgan fingerprint density at radius 2 is 2.16 bits per heavy atom. The van der Waals surface area contributed by atoms with E-state index in [1.807, 2.05) is 18.3 Å². The van der Waals surface area contributed by atoms with Gasteiger partial charge in [0.15, 0.2) is 0 Å². The number of hydrogen-bond acceptors (Lipinski definition) is 3. The van der Waals surface area contributed by atoms with Gasteiger partial charge in [0.25, 0.3) is 0 Å². The first-order valence-electron chi connectivity index (χ1n) is 7.23. The minimum Gasteiger partial charge on any atom is -0.353 e. The van der Waals surface area contributed by atoms with Gasteiger partial charge in [0.2, 0.25) is 5.91 Å². The Hall–Kier alpha value is -1.42. The standard InChI is InChI=1S/C15H23N3O/c19-15(18-14-6-2-1-3-7-14)8-10-17-12-13-5-4-9-16-11-13/h4-5,9,11,14,17H,1-3,6-8,10,12H2,(H,18,19). The minimum atomic E-state index is 0.172. The number of rotatable bonds is 6. The Kier molecular flexibility index (Phi) is 5.82. The molecular formula is C15H23N3O. The van der Waals surface area contributed by atoms with E-state index in [-0.39, 0.29) is 5.91 Å². The molecule has 19 heavy (non-hydrogen) atoms. The molecule has 1 fully saturated rings. The van der Waals surface area contributed by atoms with Crippen LogP contribution >= 0.6 is 0 Å². The van der Waals surface area contributed by atoms with Crippen LogP contribution in [0, 0.1) is 0 Å². The van der Waals surface area contributed by atoms with E-state index in [1.165, 1.54) is 19.3 Å². The van der Waals surface area contributed by atoms with E-state index in [4.69, 9.17) is 0 Å². The first-order chi connectivity index (χ1) is 9.34. The summed E-state index contributed by atoms with van der Waals surface area (Å²) in [6.45, 7) is 1.48. The Bertz CT molecular complexity index is 374. The summed E-state index contributed by atoms with van der Waals surface area (Å²) in [7, 11) is 0. The number of nitrogens with one attached hydrogen (secondary N) is 2. The predicted octanol–water partition coefficient (Wildman–Crippen LogP) is 2.01. The van der Waals surface area contributed by atoms with Crippen LogP contribution in [0.4, 0.5) is 0 Å². The zero-order valence-electron chi connectivity index (χ0n) is 11.4. The summed E-state index contributed by atoms with van der Waals surface area (Å²) >= 11 is 0. The highest BCUT2D eigenvalue weighted by Crippen LogP contribution is 2.17. The molecule has 1 aromatic heterocycles. The van der Waals surface area contributed by atoms with Gasteiger partial charge in [0.05, 0.1) is 0 Å². The monoisotopic (exact) mass is 261 g/mol. The van der Waals surface area contributed by atoms with Crippen LogP contribution in [0.3, 0.4) is 0 Å². The predicted molar refractivity (Wildman–Crippen MR) is 75.6 cm³/mol. The normalized spacial score (nSPS) is 16.2. The zero-order chi connectivity index (χ0) is 13.3. The lowest BCUT2D eigenvalue weighted by atomic mass is 9.95. The van der Waals surface area contributed by atoms with Crippen molar-refractivity contribution in [1.29, 1.82) is 0 Å². The number of carbonyl (C=O) groups is 1. The zero-order valence-corrected chi connectivity index (χ0v) is 11.4. The smallest absolute Gasteiger partial charge is 0.221 e. The van der Waals surface area contributed by atoms with Crippen molar-refractivity contribution in [3.05, 3.63) is 30.1 Å². The second-order valence-corrected chi connectivity index (χ2v) is 5.19. The lowest BCUT2D eigenvalue weighted by molar-refractivity contribution is -0.121. The topological polar surface area (TPSA) is 54.0 Å². The van der Waals surface area contributed by atoms with Crippen LogP contribution in [0.15, 0.2) is 24.5 Å². The Morgan fingerprint density at radius 3 is 2.89 bits per heavy atom. The maximum absolute atomic E-state index is 11.8. The highest BCUT2D eigenvalue weighted by Gasteiger charge is 2.14. The van der Waals surface area contributed by atoms with Gasteiger partial charge >= 0.3 is 0 Å². The molecule has 1 amide bonds. The largest absolute Gasteiger partial charge is 0.353 e. The molecule has 0 saturated heterocycles. The number of pyridine rings is 1. The molecule has 1 aliphatic carbocycles. The van der Waals surface area contributed by atoms with Crippen LogP contribution in [0.5, 0.6) is 0 Å². The molecule has 0 radical (unpaired) electrons. The van der Waals surface area contributed by atoms with Gasteiger partial charge in [-0.2, -0.15) is 0 Å². The molecule has 0 aromatic carbocycles. The highest BCUT2D eigenvalue weighted by molar-refractivity contribution is 5.76. The van der Waals surface area contributed by atoms with Crippen LogP contribution in [0.25, 0.3) is 0 Å². The van der Waals surface area contributed by atoms with E-state index in [2.05, 4.69) is 15.6 Å². The summed E-state index contributed by atoms with van der Waals surface area (Å²) in [5.41, 5.74) is 1.15. The van der Waals surface area contributed by atoms with Crippen LogP contribution in [-0.2, 0) is 11.3 Å². The molecule has 2 rings (SSSR count). The molecular weight excluding hydrogens is 238 g/mol. The molecule has 0 unspecified atom stereocenters. The van der Waals surface area contributed by atoms with Crippen LogP contribution in [-0.4, -0.2) is 23.5 Å². The van der Waals surface area contributed by atoms with Crippen molar-refractivity contribution in [2.75, 3.05) is 6.54 Å². The van der Waals surface area contributed by atoms with E-state index < -0.39 is 0 Å². The second-order valence-electron chi connectivity index (χ2n) is 5.19. The second kappa shape index (κ2) is 7.89. The van der Waals surface area contributed by atoms with Crippen LogP contribution in [0.1, 0.15) is 44.1 Å². The Balaban J connectivity index is 1.56. The maximum atomic E-state index is 11.8. The van der Waals surface area contributed by atoms with Crippen molar-refractivity contribution >= 4 is 5.91 Å². The van der Waals surface area contributed by atoms with Crippen molar-refractivity contribution in [2.24, 2.45) is 0 Å². The van der Waals surface area contributed by atoms with Gasteiger partial charge in [-0.15, -0.1) is 0 Å². The van der Waals surface area contributed by atoms with Gasteiger partial charge < -0.3 is 10.6 Å². The molecule has 4 heteroatoms. The van der Waals surface area contributed by atoms with Gasteiger partial charge in [-0.05, 0) is 24.5 Å². The lowest BCUT2D eigenvalue weighted by Gasteiger charge is -2.22. The quantitative estimate of drug-likeness (QED) is 0.770. The summed E-state index contributed by atoms with van der Waals surface area (Å²) in [6.07, 6.45) is 10.3. The fraction of sp³-hybridized carbons (Fsp3) is 0.600. The van der Waals surface area contributed by atoms with E-state index >= 15 is 0 Å². The van der Waals surface area contributed by atoms with Crippen LogP contribution in [0.2, 0.25) is 0 Å². The molecule has 0 spiro atoms.